The number of benzene rings is 2. The zero-order chi connectivity index (χ0) is 32.2. The van der Waals surface area contributed by atoms with Gasteiger partial charge in [-0.15, -0.1) is 0 Å². The highest BCUT2D eigenvalue weighted by atomic mass is 16.6. The molecule has 12 heteroatoms. The molecule has 3 N–H and O–H groups in total. The number of carboxylic acid groups (broad SMARTS) is 1. The summed E-state index contributed by atoms with van der Waals surface area (Å²) in [5.41, 5.74) is 1.97. The number of aliphatic carboxylic acids is 1. The maximum atomic E-state index is 11.7. The highest BCUT2D eigenvalue weighted by molar-refractivity contribution is 5.96. The fraction of sp³-hybridized carbons (Fsp3) is 0.515. The van der Waals surface area contributed by atoms with Crippen LogP contribution >= 0.6 is 0 Å². The summed E-state index contributed by atoms with van der Waals surface area (Å²) in [4.78, 5) is 34.1. The van der Waals surface area contributed by atoms with Gasteiger partial charge in [-0.1, -0.05) is 25.0 Å². The Bertz CT molecular complexity index is 1420. The third kappa shape index (κ3) is 10.7. The molecule has 1 saturated heterocycles. The third-order valence-electron chi connectivity index (χ3n) is 7.14. The molecule has 0 unspecified atom stereocenters. The number of nitrogens with one attached hydrogen (secondary N) is 2. The van der Waals surface area contributed by atoms with Crippen LogP contribution in [0, 0.1) is 0 Å². The van der Waals surface area contributed by atoms with E-state index in [1.165, 1.54) is 6.33 Å². The number of aromatic nitrogens is 2. The van der Waals surface area contributed by atoms with Crippen molar-refractivity contribution in [1.29, 1.82) is 0 Å². The minimum absolute atomic E-state index is 0.112. The summed E-state index contributed by atoms with van der Waals surface area (Å²) in [7, 11) is 0. The van der Waals surface area contributed by atoms with Gasteiger partial charge in [0.15, 0.2) is 6.61 Å². The number of hydrogen-bond donors (Lipinski definition) is 3. The summed E-state index contributed by atoms with van der Waals surface area (Å²) < 4.78 is 22.5. The van der Waals surface area contributed by atoms with E-state index in [4.69, 9.17) is 18.9 Å². The van der Waals surface area contributed by atoms with E-state index >= 15 is 0 Å². The SMILES string of the molecule is C[C@@H](Nc1ncnc2c(OCC(=O)O)cc(N3CCOCC3)cc12)c1cccc(OCCCCCCNC(=O)OC(C)(C)C)c1. The molecule has 1 aliphatic heterocycles. The minimum Gasteiger partial charge on any atom is -0.494 e. The number of nitrogens with zero attached hydrogens (tertiary/aromatic N) is 3. The van der Waals surface area contributed by atoms with E-state index in [2.05, 4.69) is 25.5 Å². The van der Waals surface area contributed by atoms with Gasteiger partial charge in [0, 0.05) is 36.8 Å². The molecule has 0 spiro atoms. The molecule has 45 heavy (non-hydrogen) atoms. The van der Waals surface area contributed by atoms with Gasteiger partial charge in [0.25, 0.3) is 0 Å². The molecular weight excluding hydrogens is 578 g/mol. The van der Waals surface area contributed by atoms with Crippen molar-refractivity contribution in [2.75, 3.05) is 56.3 Å². The maximum absolute atomic E-state index is 11.7. The minimum atomic E-state index is -1.06. The fourth-order valence-corrected chi connectivity index (χ4v) is 4.93. The van der Waals surface area contributed by atoms with Gasteiger partial charge in [-0.25, -0.2) is 19.6 Å². The number of fused-ring (bicyclic) bond motifs is 1. The van der Waals surface area contributed by atoms with E-state index < -0.39 is 18.2 Å². The summed E-state index contributed by atoms with van der Waals surface area (Å²) in [6.45, 7) is 11.0. The van der Waals surface area contributed by atoms with Crippen molar-refractivity contribution in [2.45, 2.75) is 65.0 Å². The fourth-order valence-electron chi connectivity index (χ4n) is 4.93. The van der Waals surface area contributed by atoms with Crippen molar-refractivity contribution < 1.29 is 33.6 Å². The summed E-state index contributed by atoms with van der Waals surface area (Å²) in [6.07, 6.45) is 4.86. The first kappa shape index (κ1) is 33.6. The van der Waals surface area contributed by atoms with Gasteiger partial charge in [0.2, 0.25) is 0 Å². The Morgan fingerprint density at radius 1 is 1.04 bits per heavy atom. The predicted molar refractivity (Wildman–Crippen MR) is 172 cm³/mol. The number of carbonyl (C=O) groups excluding carboxylic acids is 1. The van der Waals surface area contributed by atoms with E-state index in [0.29, 0.717) is 43.4 Å². The van der Waals surface area contributed by atoms with Gasteiger partial charge in [-0.2, -0.15) is 0 Å². The Morgan fingerprint density at radius 3 is 2.58 bits per heavy atom. The Balaban J connectivity index is 1.34. The van der Waals surface area contributed by atoms with E-state index in [1.54, 1.807) is 0 Å². The summed E-state index contributed by atoms with van der Waals surface area (Å²) >= 11 is 0. The molecule has 12 nitrogen and oxygen atoms in total. The van der Waals surface area contributed by atoms with Gasteiger partial charge in [0.1, 0.15) is 34.8 Å². The molecule has 1 aromatic heterocycles. The van der Waals surface area contributed by atoms with Gasteiger partial charge in [-0.3, -0.25) is 0 Å². The second-order valence-electron chi connectivity index (χ2n) is 12.0. The molecular formula is C33H45N5O7. The van der Waals surface area contributed by atoms with Crippen molar-refractivity contribution in [2.24, 2.45) is 0 Å². The Morgan fingerprint density at radius 2 is 1.82 bits per heavy atom. The molecule has 1 amide bonds. The number of anilines is 2. The first-order valence-electron chi connectivity index (χ1n) is 15.5. The summed E-state index contributed by atoms with van der Waals surface area (Å²) in [6, 6.07) is 11.7. The number of carboxylic acids is 1. The first-order valence-corrected chi connectivity index (χ1v) is 15.5. The number of morpholine rings is 1. The number of alkyl carbamates (subject to hydrolysis) is 1. The first-order chi connectivity index (χ1) is 21.6. The third-order valence-corrected chi connectivity index (χ3v) is 7.14. The van der Waals surface area contributed by atoms with Crippen LogP contribution in [0.5, 0.6) is 11.5 Å². The number of unbranched alkanes of at least 4 members (excludes halogenated alkanes) is 3. The van der Waals surface area contributed by atoms with Crippen molar-refractivity contribution in [3.8, 4) is 11.5 Å². The Kier molecular flexibility index (Phi) is 12.0. The topological polar surface area (TPSA) is 144 Å². The molecule has 2 heterocycles. The van der Waals surface area contributed by atoms with E-state index in [1.807, 2.05) is 64.1 Å². The number of ether oxygens (including phenoxy) is 4. The molecule has 0 aliphatic carbocycles. The Labute approximate surface area is 264 Å². The van der Waals surface area contributed by atoms with Gasteiger partial charge in [-0.05, 0) is 64.3 Å². The van der Waals surface area contributed by atoms with Crippen molar-refractivity contribution in [1.82, 2.24) is 15.3 Å². The normalized spacial score (nSPS) is 14.1. The predicted octanol–water partition coefficient (Wildman–Crippen LogP) is 5.57. The average molecular weight is 624 g/mol. The van der Waals surface area contributed by atoms with Crippen LogP contribution in [-0.4, -0.2) is 78.8 Å². The monoisotopic (exact) mass is 623 g/mol. The zero-order valence-electron chi connectivity index (χ0n) is 26.6. The van der Waals surface area contributed by atoms with Gasteiger partial charge in [0.05, 0.1) is 25.9 Å². The summed E-state index contributed by atoms with van der Waals surface area (Å²) in [5, 5.41) is 16.3. The molecule has 244 valence electrons. The van der Waals surface area contributed by atoms with Crippen molar-refractivity contribution in [3.05, 3.63) is 48.3 Å². The standard InChI is InChI=1S/C33H45N5O7/c1-23(24-10-9-11-26(18-24)43-15-8-6-5-7-12-34-32(41)45-33(2,3)4)37-31-27-19-25(38-13-16-42-17-14-38)20-28(44-21-29(39)40)30(27)35-22-36-31/h9-11,18-20,22-23H,5-8,12-17,21H2,1-4H3,(H,34,41)(H,39,40)(H,35,36,37)/t23-/m1/s1. The lowest BCUT2D eigenvalue weighted by atomic mass is 10.1. The van der Waals surface area contributed by atoms with Crippen LogP contribution in [0.25, 0.3) is 10.9 Å². The number of amides is 1. The molecule has 0 bridgehead atoms. The van der Waals surface area contributed by atoms with Crippen LogP contribution in [0.1, 0.15) is 65.0 Å². The summed E-state index contributed by atoms with van der Waals surface area (Å²) in [5.74, 6) is 0.745. The molecule has 4 rings (SSSR count). The zero-order valence-corrected chi connectivity index (χ0v) is 26.6. The van der Waals surface area contributed by atoms with E-state index in [9.17, 15) is 14.7 Å². The highest BCUT2D eigenvalue weighted by Gasteiger charge is 2.19. The molecule has 3 aromatic rings. The highest BCUT2D eigenvalue weighted by Crippen LogP contribution is 2.35. The molecule has 1 fully saturated rings. The molecule has 1 aliphatic rings. The average Bonchev–Trinajstić information content (AvgIpc) is 3.01. The van der Waals surface area contributed by atoms with Gasteiger partial charge >= 0.3 is 12.1 Å². The van der Waals surface area contributed by atoms with Crippen LogP contribution in [0.15, 0.2) is 42.7 Å². The quantitative estimate of drug-likeness (QED) is 0.183. The number of rotatable bonds is 15. The van der Waals surface area contributed by atoms with E-state index in [0.717, 1.165) is 61.2 Å². The smallest absolute Gasteiger partial charge is 0.407 e. The van der Waals surface area contributed by atoms with Crippen LogP contribution in [0.3, 0.4) is 0 Å². The number of hydrogen-bond acceptors (Lipinski definition) is 10. The lowest BCUT2D eigenvalue weighted by Gasteiger charge is -2.29. The van der Waals surface area contributed by atoms with Crippen LogP contribution in [0.2, 0.25) is 0 Å². The molecule has 1 atom stereocenters. The second-order valence-corrected chi connectivity index (χ2v) is 12.0. The van der Waals surface area contributed by atoms with Crippen LogP contribution in [-0.2, 0) is 14.3 Å². The molecule has 2 aromatic carbocycles. The Hall–Kier alpha value is -4.32. The van der Waals surface area contributed by atoms with Crippen molar-refractivity contribution >= 4 is 34.5 Å². The van der Waals surface area contributed by atoms with Crippen LogP contribution < -0.4 is 25.0 Å². The molecule has 0 saturated carbocycles. The maximum Gasteiger partial charge on any atom is 0.407 e. The lowest BCUT2D eigenvalue weighted by Crippen LogP contribution is -2.36. The van der Waals surface area contributed by atoms with Gasteiger partial charge < -0.3 is 39.6 Å². The lowest BCUT2D eigenvalue weighted by molar-refractivity contribution is -0.139. The second kappa shape index (κ2) is 16.1. The molecule has 0 radical (unpaired) electrons. The largest absolute Gasteiger partial charge is 0.494 e. The van der Waals surface area contributed by atoms with Crippen LogP contribution in [0.4, 0.5) is 16.3 Å². The number of carbonyl (C=O) groups is 2. The van der Waals surface area contributed by atoms with Crippen molar-refractivity contribution in [3.63, 3.8) is 0 Å². The van der Waals surface area contributed by atoms with E-state index in [-0.39, 0.29) is 12.1 Å².